The first kappa shape index (κ1) is 33.9. The average Bonchev–Trinajstić information content (AvgIpc) is 3.59. The highest BCUT2D eigenvalue weighted by Crippen LogP contribution is 2.53. The average molecular weight is 658 g/mol. The van der Waals surface area contributed by atoms with Crippen molar-refractivity contribution in [1.29, 1.82) is 0 Å². The summed E-state index contributed by atoms with van der Waals surface area (Å²) in [5.74, 6) is -2.65. The molecule has 3 saturated heterocycles. The lowest BCUT2D eigenvalue weighted by molar-refractivity contribution is -0.276. The zero-order valence-electron chi connectivity index (χ0n) is 27.6. The number of hydrogen-bond donors (Lipinski definition) is 2. The molecule has 4 aliphatic rings. The van der Waals surface area contributed by atoms with E-state index < -0.39 is 30.3 Å². The number of nitrogens with zero attached hydrogens (tertiary/aromatic N) is 2. The topological polar surface area (TPSA) is 91.3 Å². The van der Waals surface area contributed by atoms with Gasteiger partial charge in [0.15, 0.2) is 6.29 Å². The molecule has 3 aliphatic heterocycles. The molecule has 47 heavy (non-hydrogen) atoms. The molecule has 2 aromatic carbocycles. The Labute approximate surface area is 274 Å². The first-order chi connectivity index (χ1) is 22.1. The van der Waals surface area contributed by atoms with Crippen molar-refractivity contribution < 1.29 is 37.3 Å². The number of alkyl halides is 3. The molecule has 7 atom stereocenters. The number of amides is 2. The molecule has 2 amide bonds. The predicted octanol–water partition coefficient (Wildman–Crippen LogP) is 6.36. The number of halogens is 3. The van der Waals surface area contributed by atoms with Crippen molar-refractivity contribution in [3.05, 3.63) is 65.2 Å². The summed E-state index contributed by atoms with van der Waals surface area (Å²) in [5, 5.41) is 12.3. The quantitative estimate of drug-likeness (QED) is 0.360. The number of anilines is 1. The predicted molar refractivity (Wildman–Crippen MR) is 170 cm³/mol. The second-order valence-corrected chi connectivity index (χ2v) is 15.2. The van der Waals surface area contributed by atoms with Gasteiger partial charge in [-0.25, -0.2) is 0 Å². The van der Waals surface area contributed by atoms with Crippen molar-refractivity contribution in [3.63, 3.8) is 0 Å². The third kappa shape index (κ3) is 7.23. The Morgan fingerprint density at radius 3 is 2.49 bits per heavy atom. The second-order valence-electron chi connectivity index (χ2n) is 15.2. The molecule has 0 spiro atoms. The lowest BCUT2D eigenvalue weighted by atomic mass is 9.65. The highest BCUT2D eigenvalue weighted by Gasteiger charge is 2.51. The van der Waals surface area contributed by atoms with Gasteiger partial charge >= 0.3 is 12.1 Å². The normalized spacial score (nSPS) is 32.4. The number of benzene rings is 2. The minimum absolute atomic E-state index is 0.00917. The molecule has 4 fully saturated rings. The summed E-state index contributed by atoms with van der Waals surface area (Å²) < 4.78 is 52.8. The maximum absolute atomic E-state index is 13.2. The van der Waals surface area contributed by atoms with Crippen LogP contribution < -0.4 is 5.32 Å². The summed E-state index contributed by atoms with van der Waals surface area (Å²) in [6, 6.07) is 14.0. The van der Waals surface area contributed by atoms with Gasteiger partial charge in [0.1, 0.15) is 6.04 Å². The molecular formula is C36H46F3N3O5. The number of fused-ring (bicyclic) bond motifs is 2. The van der Waals surface area contributed by atoms with E-state index in [9.17, 15) is 27.9 Å². The van der Waals surface area contributed by atoms with Crippen LogP contribution in [0.2, 0.25) is 0 Å². The van der Waals surface area contributed by atoms with E-state index in [2.05, 4.69) is 37.9 Å². The minimum Gasteiger partial charge on any atom is -0.392 e. The number of likely N-dealkylation sites (tertiary alicyclic amines) is 2. The summed E-state index contributed by atoms with van der Waals surface area (Å²) in [6.07, 6.45) is -2.28. The van der Waals surface area contributed by atoms with E-state index in [4.69, 9.17) is 9.47 Å². The summed E-state index contributed by atoms with van der Waals surface area (Å²) in [6.45, 7) is 10.9. The van der Waals surface area contributed by atoms with Gasteiger partial charge in [-0.3, -0.25) is 14.5 Å². The molecule has 2 unspecified atom stereocenters. The highest BCUT2D eigenvalue weighted by molar-refractivity contribution is 5.98. The summed E-state index contributed by atoms with van der Waals surface area (Å²) >= 11 is 0. The van der Waals surface area contributed by atoms with E-state index in [1.807, 2.05) is 30.3 Å². The monoisotopic (exact) mass is 657 g/mol. The Balaban J connectivity index is 1.23. The van der Waals surface area contributed by atoms with Gasteiger partial charge in [0.25, 0.3) is 0 Å². The molecule has 6 rings (SSSR count). The third-order valence-corrected chi connectivity index (χ3v) is 10.5. The Morgan fingerprint density at radius 2 is 1.79 bits per heavy atom. The molecule has 2 N–H and O–H groups in total. The van der Waals surface area contributed by atoms with Crippen LogP contribution in [-0.4, -0.2) is 70.7 Å². The van der Waals surface area contributed by atoms with Crippen molar-refractivity contribution in [1.82, 2.24) is 9.80 Å². The van der Waals surface area contributed by atoms with Crippen molar-refractivity contribution >= 4 is 17.5 Å². The van der Waals surface area contributed by atoms with Crippen LogP contribution >= 0.6 is 0 Å². The lowest BCUT2D eigenvalue weighted by Gasteiger charge is -2.43. The van der Waals surface area contributed by atoms with Gasteiger partial charge in [-0.2, -0.15) is 13.2 Å². The molecule has 8 nitrogen and oxygen atoms in total. The van der Waals surface area contributed by atoms with Crippen LogP contribution in [-0.2, 0) is 25.7 Å². The fourth-order valence-electron chi connectivity index (χ4n) is 8.78. The van der Waals surface area contributed by atoms with Crippen LogP contribution in [0.25, 0.3) is 0 Å². The fourth-order valence-corrected chi connectivity index (χ4v) is 8.78. The van der Waals surface area contributed by atoms with Crippen LogP contribution in [0.5, 0.6) is 0 Å². The number of carbonyl (C=O) groups excluding carboxylic acids is 2. The van der Waals surface area contributed by atoms with Gasteiger partial charge < -0.3 is 24.8 Å². The zero-order chi connectivity index (χ0) is 33.7. The van der Waals surface area contributed by atoms with Gasteiger partial charge in [0.2, 0.25) is 5.91 Å². The summed E-state index contributed by atoms with van der Waals surface area (Å²) in [5.41, 5.74) is 3.39. The molecule has 0 radical (unpaired) electrons. The van der Waals surface area contributed by atoms with Gasteiger partial charge in [-0.15, -0.1) is 0 Å². The largest absolute Gasteiger partial charge is 0.471 e. The molecule has 1 saturated carbocycles. The Hall–Kier alpha value is -2.99. The molecule has 2 aromatic rings. The van der Waals surface area contributed by atoms with Gasteiger partial charge in [-0.05, 0) is 66.2 Å². The Bertz CT molecular complexity index is 1470. The molecule has 1 aliphatic carbocycles. The second kappa shape index (κ2) is 12.8. The smallest absolute Gasteiger partial charge is 0.392 e. The number of ether oxygens (including phenoxy) is 2. The minimum atomic E-state index is -5.04. The standard InChI is InChI=1S/C36H46F3N3O5/c1-22-29(18-41-21-35(4)17-27(41)16-34(2,3)20-35)46-32(47-30(22)24-12-10-23(19-43)11-13-24)25-7-5-8-26(15-25)40-31(44)28-9-6-14-42(28)33(45)36(37,38)39/h5,7-8,10-13,15,22,27-30,32,43H,6,9,14,16-21H2,1-4H3,(H,40,44)/t22-,27?,28-,29+,30+,32+,35?/m0/s1. The highest BCUT2D eigenvalue weighted by atomic mass is 19.4. The molecule has 0 aromatic heterocycles. The van der Waals surface area contributed by atoms with Crippen molar-refractivity contribution in [2.24, 2.45) is 16.7 Å². The molecule has 2 bridgehead atoms. The van der Waals surface area contributed by atoms with Crippen molar-refractivity contribution in [3.8, 4) is 0 Å². The number of aliphatic hydroxyl groups is 1. The van der Waals surface area contributed by atoms with Crippen LogP contribution in [0, 0.1) is 16.7 Å². The molecule has 256 valence electrons. The maximum atomic E-state index is 13.2. The summed E-state index contributed by atoms with van der Waals surface area (Å²) in [7, 11) is 0. The van der Waals surface area contributed by atoms with Crippen molar-refractivity contribution in [2.45, 2.75) is 103 Å². The summed E-state index contributed by atoms with van der Waals surface area (Å²) in [4.78, 5) is 28.3. The molecule has 3 heterocycles. The van der Waals surface area contributed by atoms with E-state index in [-0.39, 0.29) is 48.5 Å². The van der Waals surface area contributed by atoms with E-state index in [1.165, 1.54) is 12.8 Å². The lowest BCUT2D eigenvalue weighted by Crippen LogP contribution is -2.48. The van der Waals surface area contributed by atoms with Gasteiger partial charge in [-0.1, -0.05) is 64.1 Å². The van der Waals surface area contributed by atoms with Gasteiger partial charge in [0.05, 0.1) is 18.8 Å². The number of hydrogen-bond acceptors (Lipinski definition) is 6. The van der Waals surface area contributed by atoms with Crippen LogP contribution in [0.4, 0.5) is 18.9 Å². The SMILES string of the molecule is C[C@H]1[C@@H](CN2CC3(C)CC2CC(C)(C)C3)O[C@@H](c2cccc(NC(=O)[C@@H]3CCCN3C(=O)C(F)(F)F)c2)O[C@H]1c1ccc(CO)cc1. The Morgan fingerprint density at radius 1 is 1.04 bits per heavy atom. The van der Waals surface area contributed by atoms with Crippen molar-refractivity contribution in [2.75, 3.05) is 25.0 Å². The third-order valence-electron chi connectivity index (χ3n) is 10.5. The molecular weight excluding hydrogens is 611 g/mol. The van der Waals surface area contributed by atoms with E-state index in [0.29, 0.717) is 28.6 Å². The maximum Gasteiger partial charge on any atom is 0.471 e. The fraction of sp³-hybridized carbons (Fsp3) is 0.611. The first-order valence-corrected chi connectivity index (χ1v) is 16.7. The number of aliphatic hydroxyl groups excluding tert-OH is 1. The Kier molecular flexibility index (Phi) is 9.23. The first-order valence-electron chi connectivity index (χ1n) is 16.7. The van der Waals surface area contributed by atoms with E-state index in [1.54, 1.807) is 18.2 Å². The van der Waals surface area contributed by atoms with Crippen LogP contribution in [0.1, 0.15) is 88.9 Å². The zero-order valence-corrected chi connectivity index (χ0v) is 27.6. The molecule has 11 heteroatoms. The van der Waals surface area contributed by atoms with E-state index in [0.717, 1.165) is 30.6 Å². The van der Waals surface area contributed by atoms with Crippen LogP contribution in [0.15, 0.2) is 48.5 Å². The number of carbonyl (C=O) groups is 2. The van der Waals surface area contributed by atoms with E-state index >= 15 is 0 Å². The number of nitrogens with one attached hydrogen (secondary N) is 1. The van der Waals surface area contributed by atoms with Crippen LogP contribution in [0.3, 0.4) is 0 Å². The number of rotatable bonds is 7. The van der Waals surface area contributed by atoms with Gasteiger partial charge in [0, 0.05) is 42.8 Å².